The first-order chi connectivity index (χ1) is 12.3. The predicted molar refractivity (Wildman–Crippen MR) is 106 cm³/mol. The maximum absolute atomic E-state index is 5.55. The van der Waals surface area contributed by atoms with Crippen LogP contribution in [0.15, 0.2) is 12.1 Å². The molecule has 5 nitrogen and oxygen atoms in total. The number of methoxy groups -OCH3 is 3. The summed E-state index contributed by atoms with van der Waals surface area (Å²) in [6.07, 6.45) is 4.01. The van der Waals surface area contributed by atoms with Gasteiger partial charge in [-0.05, 0) is 36.1 Å². The van der Waals surface area contributed by atoms with Crippen molar-refractivity contribution in [1.29, 1.82) is 0 Å². The number of ether oxygens (including phenoxy) is 3. The van der Waals surface area contributed by atoms with E-state index in [9.17, 15) is 0 Å². The molecule has 2 rings (SSSR count). The smallest absolute Gasteiger partial charge is 0.203 e. The number of aromatic nitrogens is 2. The van der Waals surface area contributed by atoms with E-state index in [1.165, 1.54) is 5.69 Å². The van der Waals surface area contributed by atoms with E-state index in [2.05, 4.69) is 39.3 Å². The lowest BCUT2D eigenvalue weighted by Gasteiger charge is -2.14. The molecule has 2 aromatic rings. The second kappa shape index (κ2) is 8.30. The fourth-order valence-electron chi connectivity index (χ4n) is 3.23. The summed E-state index contributed by atoms with van der Waals surface area (Å²) < 4.78 is 18.5. The quantitative estimate of drug-likeness (QED) is 0.709. The minimum Gasteiger partial charge on any atom is -0.493 e. The average Bonchev–Trinajstić information content (AvgIpc) is 2.95. The molecule has 0 atom stereocenters. The van der Waals surface area contributed by atoms with Crippen LogP contribution in [0, 0.1) is 0 Å². The van der Waals surface area contributed by atoms with Crippen LogP contribution in [-0.4, -0.2) is 30.9 Å². The minimum absolute atomic E-state index is 0.386. The highest BCUT2D eigenvalue weighted by Gasteiger charge is 2.19. The van der Waals surface area contributed by atoms with Gasteiger partial charge in [-0.25, -0.2) is 4.98 Å². The van der Waals surface area contributed by atoms with E-state index in [-0.39, 0.29) is 0 Å². The van der Waals surface area contributed by atoms with Gasteiger partial charge < -0.3 is 18.8 Å². The molecular formula is C21H30N2O3. The molecule has 1 aromatic heterocycles. The van der Waals surface area contributed by atoms with Gasteiger partial charge in [0.05, 0.1) is 27.0 Å². The fourth-order valence-corrected chi connectivity index (χ4v) is 3.23. The summed E-state index contributed by atoms with van der Waals surface area (Å²) in [5, 5.41) is 0. The van der Waals surface area contributed by atoms with Crippen LogP contribution in [0.4, 0.5) is 0 Å². The maximum atomic E-state index is 5.55. The van der Waals surface area contributed by atoms with E-state index in [0.29, 0.717) is 29.1 Å². The van der Waals surface area contributed by atoms with E-state index in [1.54, 1.807) is 21.3 Å². The highest BCUT2D eigenvalue weighted by atomic mass is 16.5. The molecule has 0 saturated carbocycles. The summed E-state index contributed by atoms with van der Waals surface area (Å²) in [5.41, 5.74) is 3.34. The Morgan fingerprint density at radius 3 is 2.00 bits per heavy atom. The Labute approximate surface area is 156 Å². The van der Waals surface area contributed by atoms with Crippen molar-refractivity contribution in [2.24, 2.45) is 7.05 Å². The van der Waals surface area contributed by atoms with Gasteiger partial charge in [0.15, 0.2) is 11.5 Å². The van der Waals surface area contributed by atoms with Crippen molar-refractivity contribution in [3.05, 3.63) is 34.9 Å². The SMILES string of the molecule is COc1ccc(C=Cc2nc(C(C)C)c(C(C)C)n2C)c(OC)c1OC. The van der Waals surface area contributed by atoms with Crippen molar-refractivity contribution in [3.8, 4) is 17.2 Å². The average molecular weight is 358 g/mol. The zero-order valence-electron chi connectivity index (χ0n) is 17.1. The molecule has 0 aliphatic heterocycles. The first-order valence-corrected chi connectivity index (χ1v) is 8.89. The van der Waals surface area contributed by atoms with E-state index in [1.807, 2.05) is 24.3 Å². The van der Waals surface area contributed by atoms with Gasteiger partial charge in [0.2, 0.25) is 5.75 Å². The molecule has 0 aliphatic carbocycles. The summed E-state index contributed by atoms with van der Waals surface area (Å²) in [6, 6.07) is 3.82. The highest BCUT2D eigenvalue weighted by Crippen LogP contribution is 2.40. The second-order valence-corrected chi connectivity index (χ2v) is 6.87. The molecule has 26 heavy (non-hydrogen) atoms. The lowest BCUT2D eigenvalue weighted by molar-refractivity contribution is 0.324. The molecular weight excluding hydrogens is 328 g/mol. The molecule has 0 bridgehead atoms. The Bertz CT molecular complexity index is 789. The van der Waals surface area contributed by atoms with Gasteiger partial charge >= 0.3 is 0 Å². The molecule has 0 amide bonds. The van der Waals surface area contributed by atoms with Crippen LogP contribution in [0.3, 0.4) is 0 Å². The van der Waals surface area contributed by atoms with Crippen molar-refractivity contribution in [2.45, 2.75) is 39.5 Å². The van der Waals surface area contributed by atoms with Crippen LogP contribution < -0.4 is 14.2 Å². The molecule has 0 spiro atoms. The number of hydrogen-bond acceptors (Lipinski definition) is 4. The van der Waals surface area contributed by atoms with Gasteiger partial charge in [-0.1, -0.05) is 27.7 Å². The van der Waals surface area contributed by atoms with E-state index in [4.69, 9.17) is 19.2 Å². The van der Waals surface area contributed by atoms with Gasteiger partial charge in [-0.15, -0.1) is 0 Å². The number of rotatable bonds is 7. The van der Waals surface area contributed by atoms with Crippen LogP contribution in [0.25, 0.3) is 12.2 Å². The van der Waals surface area contributed by atoms with Gasteiger partial charge in [0.25, 0.3) is 0 Å². The molecule has 142 valence electrons. The number of nitrogens with zero attached hydrogens (tertiary/aromatic N) is 2. The Morgan fingerprint density at radius 2 is 1.54 bits per heavy atom. The van der Waals surface area contributed by atoms with Crippen LogP contribution in [0.5, 0.6) is 17.2 Å². The summed E-state index contributed by atoms with van der Waals surface area (Å²) in [5.74, 6) is 3.60. The molecule has 0 saturated heterocycles. The molecule has 1 heterocycles. The number of hydrogen-bond donors (Lipinski definition) is 0. The van der Waals surface area contributed by atoms with Gasteiger partial charge in [-0.2, -0.15) is 0 Å². The molecule has 0 unspecified atom stereocenters. The van der Waals surface area contributed by atoms with Gasteiger partial charge in [0.1, 0.15) is 5.82 Å². The lowest BCUT2D eigenvalue weighted by atomic mass is 10.0. The van der Waals surface area contributed by atoms with Crippen molar-refractivity contribution in [2.75, 3.05) is 21.3 Å². The second-order valence-electron chi connectivity index (χ2n) is 6.87. The first-order valence-electron chi connectivity index (χ1n) is 8.89. The molecule has 0 fully saturated rings. The van der Waals surface area contributed by atoms with Crippen LogP contribution >= 0.6 is 0 Å². The summed E-state index contributed by atoms with van der Waals surface area (Å²) in [6.45, 7) is 8.76. The summed E-state index contributed by atoms with van der Waals surface area (Å²) in [7, 11) is 6.92. The molecule has 1 aromatic carbocycles. The predicted octanol–water partition coefficient (Wildman–Crippen LogP) is 4.86. The Kier molecular flexibility index (Phi) is 6.35. The van der Waals surface area contributed by atoms with E-state index < -0.39 is 0 Å². The van der Waals surface area contributed by atoms with E-state index >= 15 is 0 Å². The maximum Gasteiger partial charge on any atom is 0.203 e. The van der Waals surface area contributed by atoms with E-state index in [0.717, 1.165) is 17.1 Å². The minimum atomic E-state index is 0.386. The molecule has 5 heteroatoms. The zero-order chi connectivity index (χ0) is 19.4. The van der Waals surface area contributed by atoms with Crippen molar-refractivity contribution in [1.82, 2.24) is 9.55 Å². The zero-order valence-corrected chi connectivity index (χ0v) is 17.1. The third-order valence-corrected chi connectivity index (χ3v) is 4.44. The third-order valence-electron chi connectivity index (χ3n) is 4.44. The molecule has 0 aliphatic rings. The Balaban J connectivity index is 2.50. The fraction of sp³-hybridized carbons (Fsp3) is 0.476. The Morgan fingerprint density at radius 1 is 0.885 bits per heavy atom. The van der Waals surface area contributed by atoms with Crippen molar-refractivity contribution < 1.29 is 14.2 Å². The van der Waals surface area contributed by atoms with Crippen LogP contribution in [0.1, 0.15) is 62.3 Å². The standard InChI is InChI=1S/C21H30N2O3/c1-13(2)18-19(14(3)4)23(5)17(22-18)12-10-15-9-11-16(24-6)21(26-8)20(15)25-7/h9-14H,1-8H3. The largest absolute Gasteiger partial charge is 0.493 e. The van der Waals surface area contributed by atoms with Crippen molar-refractivity contribution in [3.63, 3.8) is 0 Å². The van der Waals surface area contributed by atoms with Gasteiger partial charge in [0, 0.05) is 18.3 Å². The summed E-state index contributed by atoms with van der Waals surface area (Å²) >= 11 is 0. The first kappa shape index (κ1) is 19.9. The topological polar surface area (TPSA) is 45.5 Å². The highest BCUT2D eigenvalue weighted by molar-refractivity contribution is 5.74. The van der Waals surface area contributed by atoms with Crippen LogP contribution in [-0.2, 0) is 7.05 Å². The Hall–Kier alpha value is -2.43. The monoisotopic (exact) mass is 358 g/mol. The lowest BCUT2D eigenvalue weighted by Crippen LogP contribution is -2.03. The number of imidazole rings is 1. The normalized spacial score (nSPS) is 11.6. The summed E-state index contributed by atoms with van der Waals surface area (Å²) in [4.78, 5) is 4.86. The third kappa shape index (κ3) is 3.71. The van der Waals surface area contributed by atoms with Gasteiger partial charge in [-0.3, -0.25) is 0 Å². The molecule has 0 N–H and O–H groups in total. The van der Waals surface area contributed by atoms with Crippen LogP contribution in [0.2, 0.25) is 0 Å². The number of benzene rings is 1. The molecule has 0 radical (unpaired) electrons. The van der Waals surface area contributed by atoms with Crippen molar-refractivity contribution >= 4 is 12.2 Å².